The van der Waals surface area contributed by atoms with Crippen LogP contribution in [0.1, 0.15) is 12.8 Å². The molecule has 0 bridgehead atoms. The molecule has 0 aliphatic rings. The van der Waals surface area contributed by atoms with Crippen molar-refractivity contribution in [1.29, 1.82) is 0 Å². The third-order valence-corrected chi connectivity index (χ3v) is 1.75. The van der Waals surface area contributed by atoms with Crippen LogP contribution < -0.4 is 11.1 Å². The minimum Gasteiger partial charge on any atom is -0.480 e. The van der Waals surface area contributed by atoms with E-state index in [4.69, 9.17) is 10.8 Å². The Balaban J connectivity index is 3.80. The van der Waals surface area contributed by atoms with Gasteiger partial charge in [-0.05, 0) is 31.3 Å². The number of carbonyl (C=O) groups is 1. The minimum absolute atomic E-state index is 0.505. The van der Waals surface area contributed by atoms with E-state index in [1.807, 2.05) is 0 Å². The van der Waals surface area contributed by atoms with Gasteiger partial charge in [-0.25, -0.2) is 9.19 Å². The van der Waals surface area contributed by atoms with E-state index in [1.54, 1.807) is 6.26 Å². The van der Waals surface area contributed by atoms with Gasteiger partial charge in [0.05, 0.1) is 6.34 Å². The summed E-state index contributed by atoms with van der Waals surface area (Å²) in [5, 5.41) is 11.4. The average Bonchev–Trinajstić information content (AvgIpc) is 2.10. The first-order valence-corrected chi connectivity index (χ1v) is 5.14. The molecule has 0 aromatic rings. The normalized spacial score (nSPS) is 13.1. The molecule has 0 aromatic heterocycles. The lowest BCUT2D eigenvalue weighted by atomic mass is 10.1. The van der Waals surface area contributed by atoms with E-state index in [1.165, 1.54) is 18.3 Å². The first kappa shape index (κ1) is 12.2. The summed E-state index contributed by atoms with van der Waals surface area (Å²) in [7, 11) is 0. The Kier molecular flexibility index (Phi) is 7.42. The number of carboxylic acids is 1. The summed E-state index contributed by atoms with van der Waals surface area (Å²) >= 11 is 1.27. The second kappa shape index (κ2) is 7.88. The van der Waals surface area contributed by atoms with Gasteiger partial charge < -0.3 is 16.2 Å². The number of nitrogens with one attached hydrogen (secondary N) is 1. The van der Waals surface area contributed by atoms with Crippen LogP contribution in [0, 0.1) is 0 Å². The number of nitrogens with zero attached hydrogens (tertiary/aromatic N) is 1. The highest BCUT2D eigenvalue weighted by Gasteiger charge is 2.13. The molecule has 1 atom stereocenters. The standard InChI is InChI=1S/C7H15N3O2S/c1-13-10-5-9-6(7(11)12)3-2-4-8/h5-6H,2-4,8H2,1H3,(H,9,10)(H,11,12)/t6-/m1/s1. The molecule has 0 saturated carbocycles. The molecule has 0 fully saturated rings. The van der Waals surface area contributed by atoms with Crippen molar-refractivity contribution in [3.63, 3.8) is 0 Å². The molecule has 0 aromatic carbocycles. The van der Waals surface area contributed by atoms with Crippen LogP contribution in [0.5, 0.6) is 0 Å². The van der Waals surface area contributed by atoms with Crippen LogP contribution in [0.4, 0.5) is 0 Å². The molecule has 0 saturated heterocycles. The van der Waals surface area contributed by atoms with Crippen molar-refractivity contribution >= 4 is 24.3 Å². The molecule has 5 nitrogen and oxygen atoms in total. The van der Waals surface area contributed by atoms with Crippen molar-refractivity contribution in [2.45, 2.75) is 18.9 Å². The van der Waals surface area contributed by atoms with Gasteiger partial charge in [0.15, 0.2) is 0 Å². The van der Waals surface area contributed by atoms with Crippen LogP contribution in [0.3, 0.4) is 0 Å². The summed E-state index contributed by atoms with van der Waals surface area (Å²) in [6.07, 6.45) is 4.41. The van der Waals surface area contributed by atoms with Crippen molar-refractivity contribution in [3.05, 3.63) is 0 Å². The summed E-state index contributed by atoms with van der Waals surface area (Å²) in [4.78, 5) is 10.6. The second-order valence-corrected chi connectivity index (χ2v) is 2.98. The van der Waals surface area contributed by atoms with E-state index in [0.717, 1.165) is 0 Å². The topological polar surface area (TPSA) is 87.7 Å². The van der Waals surface area contributed by atoms with Gasteiger partial charge in [-0.1, -0.05) is 0 Å². The zero-order chi connectivity index (χ0) is 10.1. The summed E-state index contributed by atoms with van der Waals surface area (Å²) in [5.74, 6) is -0.874. The maximum atomic E-state index is 10.6. The lowest BCUT2D eigenvalue weighted by Crippen LogP contribution is -2.36. The van der Waals surface area contributed by atoms with E-state index in [9.17, 15) is 4.79 Å². The Morgan fingerprint density at radius 2 is 2.54 bits per heavy atom. The van der Waals surface area contributed by atoms with Crippen molar-refractivity contribution in [2.75, 3.05) is 12.8 Å². The Hall–Kier alpha value is -0.750. The summed E-state index contributed by atoms with van der Waals surface area (Å²) in [6.45, 7) is 0.505. The van der Waals surface area contributed by atoms with Crippen molar-refractivity contribution in [3.8, 4) is 0 Å². The van der Waals surface area contributed by atoms with Crippen molar-refractivity contribution < 1.29 is 9.90 Å². The predicted molar refractivity (Wildman–Crippen MR) is 54.9 cm³/mol. The molecule has 6 heteroatoms. The lowest BCUT2D eigenvalue weighted by Gasteiger charge is -2.10. The molecule has 0 spiro atoms. The monoisotopic (exact) mass is 205 g/mol. The fraction of sp³-hybridized carbons (Fsp3) is 0.714. The van der Waals surface area contributed by atoms with Crippen LogP contribution in [-0.2, 0) is 4.79 Å². The number of nitrogens with two attached hydrogens (primary N) is 1. The van der Waals surface area contributed by atoms with E-state index >= 15 is 0 Å². The summed E-state index contributed by atoms with van der Waals surface area (Å²) in [6, 6.07) is -0.584. The molecule has 0 heterocycles. The average molecular weight is 205 g/mol. The minimum atomic E-state index is -0.874. The molecule has 0 aliphatic heterocycles. The van der Waals surface area contributed by atoms with E-state index in [2.05, 4.69) is 9.71 Å². The number of carboxylic acid groups (broad SMARTS) is 1. The highest BCUT2D eigenvalue weighted by Crippen LogP contribution is 1.96. The molecule has 13 heavy (non-hydrogen) atoms. The van der Waals surface area contributed by atoms with Gasteiger partial charge >= 0.3 is 5.97 Å². The maximum absolute atomic E-state index is 10.6. The van der Waals surface area contributed by atoms with Crippen LogP contribution >= 0.6 is 11.9 Å². The van der Waals surface area contributed by atoms with Gasteiger partial charge in [0.1, 0.15) is 6.04 Å². The number of hydrogen-bond donors (Lipinski definition) is 3. The first-order chi connectivity index (χ1) is 6.22. The molecule has 4 N–H and O–H groups in total. The molecule has 0 rings (SSSR count). The van der Waals surface area contributed by atoms with Crippen LogP contribution in [-0.4, -0.2) is 36.3 Å². The van der Waals surface area contributed by atoms with Crippen molar-refractivity contribution in [2.24, 2.45) is 10.1 Å². The van der Waals surface area contributed by atoms with E-state index in [-0.39, 0.29) is 0 Å². The largest absolute Gasteiger partial charge is 0.480 e. The molecule has 76 valence electrons. The van der Waals surface area contributed by atoms with Crippen LogP contribution in [0.2, 0.25) is 0 Å². The molecule has 0 unspecified atom stereocenters. The van der Waals surface area contributed by atoms with Gasteiger partial charge in [0, 0.05) is 6.26 Å². The van der Waals surface area contributed by atoms with Crippen LogP contribution in [0.25, 0.3) is 0 Å². The first-order valence-electron chi connectivity index (χ1n) is 3.96. The van der Waals surface area contributed by atoms with E-state index < -0.39 is 12.0 Å². The quantitative estimate of drug-likeness (QED) is 0.311. The highest BCUT2D eigenvalue weighted by atomic mass is 32.2. The molecular formula is C7H15N3O2S. The zero-order valence-electron chi connectivity index (χ0n) is 7.56. The lowest BCUT2D eigenvalue weighted by molar-refractivity contribution is -0.139. The molecule has 0 radical (unpaired) electrons. The van der Waals surface area contributed by atoms with Gasteiger partial charge in [-0.15, -0.1) is 0 Å². The summed E-state index contributed by atoms with van der Waals surface area (Å²) < 4.78 is 3.79. The maximum Gasteiger partial charge on any atom is 0.326 e. The Morgan fingerprint density at radius 1 is 1.85 bits per heavy atom. The zero-order valence-corrected chi connectivity index (χ0v) is 8.38. The van der Waals surface area contributed by atoms with Crippen LogP contribution in [0.15, 0.2) is 4.40 Å². The third-order valence-electron chi connectivity index (χ3n) is 1.43. The van der Waals surface area contributed by atoms with Gasteiger partial charge in [-0.3, -0.25) is 0 Å². The number of hydrogen-bond acceptors (Lipinski definition) is 4. The number of aliphatic carboxylic acids is 1. The summed E-state index contributed by atoms with van der Waals surface area (Å²) in [5.41, 5.74) is 5.27. The second-order valence-electron chi connectivity index (χ2n) is 2.41. The fourth-order valence-electron chi connectivity index (χ4n) is 0.773. The predicted octanol–water partition coefficient (Wildman–Crippen LogP) is 0.0744. The fourth-order valence-corrected chi connectivity index (χ4v) is 0.939. The van der Waals surface area contributed by atoms with E-state index in [0.29, 0.717) is 19.4 Å². The SMILES string of the molecule is CSN=CN[C@H](CCCN)C(=O)O. The highest BCUT2D eigenvalue weighted by molar-refractivity contribution is 7.97. The Bertz CT molecular complexity index is 175. The van der Waals surface area contributed by atoms with Gasteiger partial charge in [-0.2, -0.15) is 0 Å². The molecule has 0 amide bonds. The number of rotatable bonds is 7. The van der Waals surface area contributed by atoms with Gasteiger partial charge in [0.2, 0.25) is 0 Å². The van der Waals surface area contributed by atoms with Gasteiger partial charge in [0.25, 0.3) is 0 Å². The third kappa shape index (κ3) is 6.41. The smallest absolute Gasteiger partial charge is 0.326 e. The molecular weight excluding hydrogens is 190 g/mol. The molecule has 0 aliphatic carbocycles. The van der Waals surface area contributed by atoms with Crippen molar-refractivity contribution in [1.82, 2.24) is 5.32 Å². The Labute approximate surface area is 81.9 Å². The Morgan fingerprint density at radius 3 is 3.00 bits per heavy atom.